The first-order valence-corrected chi connectivity index (χ1v) is 9.88. The van der Waals surface area contributed by atoms with Crippen LogP contribution in [0.15, 0.2) is 64.8 Å². The fraction of sp³-hybridized carbons (Fsp3) is 0.167. The lowest BCUT2D eigenvalue weighted by Gasteiger charge is -2.27. The minimum Gasteiger partial charge on any atom is -0.504 e. The molecule has 32 heavy (non-hydrogen) atoms. The van der Waals surface area contributed by atoms with Gasteiger partial charge in [0.05, 0.1) is 11.5 Å². The van der Waals surface area contributed by atoms with Crippen molar-refractivity contribution in [2.75, 3.05) is 0 Å². The van der Waals surface area contributed by atoms with Crippen LogP contribution in [0.4, 0.5) is 4.39 Å². The molecule has 1 unspecified atom stereocenters. The van der Waals surface area contributed by atoms with Crippen molar-refractivity contribution in [1.82, 2.24) is 4.57 Å². The molecule has 2 aromatic carbocycles. The number of aromatic hydroxyl groups is 2. The lowest BCUT2D eigenvalue weighted by Crippen LogP contribution is -2.33. The topological polar surface area (TPSA) is 122 Å². The molecule has 8 heteroatoms. The number of fused-ring (bicyclic) bond motifs is 1. The molecule has 0 radical (unpaired) electrons. The largest absolute Gasteiger partial charge is 0.504 e. The van der Waals surface area contributed by atoms with E-state index in [4.69, 9.17) is 10.5 Å². The molecule has 1 aliphatic rings. The molecular formula is C24H20FN3O4. The zero-order valence-electron chi connectivity index (χ0n) is 17.2. The molecule has 0 amide bonds. The van der Waals surface area contributed by atoms with Gasteiger partial charge in [-0.15, -0.1) is 0 Å². The van der Waals surface area contributed by atoms with E-state index in [2.05, 4.69) is 0 Å². The molecule has 162 valence electrons. The second-order valence-corrected chi connectivity index (χ2v) is 7.57. The van der Waals surface area contributed by atoms with E-state index in [-0.39, 0.29) is 46.4 Å². The van der Waals surface area contributed by atoms with E-state index in [9.17, 15) is 24.7 Å². The highest BCUT2D eigenvalue weighted by molar-refractivity contribution is 5.55. The second kappa shape index (κ2) is 8.12. The third-order valence-corrected chi connectivity index (χ3v) is 5.54. The summed E-state index contributed by atoms with van der Waals surface area (Å²) in [4.78, 5) is 13.5. The SMILES string of the molecule is Cc1cc2c(c(=O)n1CCc1ccc(O)c(O)c1)C(c1cccc(F)c1)C(C#N)=C(N)O2. The first-order chi connectivity index (χ1) is 15.3. The maximum atomic E-state index is 14.0. The number of benzene rings is 2. The minimum atomic E-state index is -0.864. The maximum absolute atomic E-state index is 14.0. The summed E-state index contributed by atoms with van der Waals surface area (Å²) < 4.78 is 21.1. The van der Waals surface area contributed by atoms with Crippen molar-refractivity contribution < 1.29 is 19.3 Å². The summed E-state index contributed by atoms with van der Waals surface area (Å²) in [6.07, 6.45) is 0.405. The summed E-state index contributed by atoms with van der Waals surface area (Å²) in [7, 11) is 0. The number of nitriles is 1. The van der Waals surface area contributed by atoms with E-state index >= 15 is 0 Å². The molecule has 4 rings (SSSR count). The number of hydrogen-bond acceptors (Lipinski definition) is 6. The van der Waals surface area contributed by atoms with Gasteiger partial charge in [-0.1, -0.05) is 18.2 Å². The number of ether oxygens (including phenoxy) is 1. The van der Waals surface area contributed by atoms with E-state index in [1.54, 1.807) is 25.1 Å². The molecule has 0 spiro atoms. The number of pyridine rings is 1. The maximum Gasteiger partial charge on any atom is 0.258 e. The third-order valence-electron chi connectivity index (χ3n) is 5.54. The van der Waals surface area contributed by atoms with Crippen molar-refractivity contribution in [2.45, 2.75) is 25.8 Å². The van der Waals surface area contributed by atoms with Gasteiger partial charge in [-0.05, 0) is 48.7 Å². The molecule has 0 saturated heterocycles. The Kier molecular flexibility index (Phi) is 5.33. The standard InChI is InChI=1S/C24H20FN3O4/c1-13-9-20-22(24(31)28(13)8-7-14-5-6-18(29)19(30)10-14)21(17(12-26)23(27)32-20)15-3-2-4-16(25)11-15/h2-6,9-11,21,29-30H,7-8,27H2,1H3. The molecule has 1 aliphatic heterocycles. The quantitative estimate of drug-likeness (QED) is 0.544. The summed E-state index contributed by atoms with van der Waals surface area (Å²) in [5, 5.41) is 28.9. The van der Waals surface area contributed by atoms with E-state index in [0.29, 0.717) is 17.7 Å². The van der Waals surface area contributed by atoms with Crippen molar-refractivity contribution in [1.29, 1.82) is 5.26 Å². The molecule has 0 bridgehead atoms. The number of aryl methyl sites for hydroxylation is 2. The summed E-state index contributed by atoms with van der Waals surface area (Å²) in [5.74, 6) is -1.71. The second-order valence-electron chi connectivity index (χ2n) is 7.57. The van der Waals surface area contributed by atoms with Gasteiger partial charge in [-0.2, -0.15) is 5.26 Å². The fourth-order valence-corrected chi connectivity index (χ4v) is 3.95. The molecule has 2 heterocycles. The average Bonchev–Trinajstić information content (AvgIpc) is 2.75. The van der Waals surface area contributed by atoms with Crippen LogP contribution in [0.2, 0.25) is 0 Å². The Hall–Kier alpha value is -4.25. The van der Waals surface area contributed by atoms with E-state index in [0.717, 1.165) is 5.56 Å². The molecule has 3 aromatic rings. The van der Waals surface area contributed by atoms with Gasteiger partial charge in [0, 0.05) is 18.3 Å². The highest BCUT2D eigenvalue weighted by Gasteiger charge is 2.34. The van der Waals surface area contributed by atoms with Gasteiger partial charge >= 0.3 is 0 Å². The summed E-state index contributed by atoms with van der Waals surface area (Å²) in [6.45, 7) is 2.02. The van der Waals surface area contributed by atoms with Gasteiger partial charge in [-0.3, -0.25) is 4.79 Å². The smallest absolute Gasteiger partial charge is 0.258 e. The lowest BCUT2D eigenvalue weighted by atomic mass is 9.84. The normalized spacial score (nSPS) is 15.1. The number of phenolic OH excluding ortho intramolecular Hbond substituents is 2. The van der Waals surface area contributed by atoms with Crippen molar-refractivity contribution in [3.8, 4) is 23.3 Å². The van der Waals surface area contributed by atoms with Crippen LogP contribution < -0.4 is 16.0 Å². The van der Waals surface area contributed by atoms with Gasteiger partial charge in [0.25, 0.3) is 5.56 Å². The third kappa shape index (κ3) is 3.65. The Morgan fingerprint density at radius 3 is 2.66 bits per heavy atom. The van der Waals surface area contributed by atoms with Crippen molar-refractivity contribution in [3.63, 3.8) is 0 Å². The fourth-order valence-electron chi connectivity index (χ4n) is 3.95. The Bertz CT molecular complexity index is 1350. The highest BCUT2D eigenvalue weighted by Crippen LogP contribution is 2.40. The van der Waals surface area contributed by atoms with Crippen LogP contribution in [0.3, 0.4) is 0 Å². The summed E-state index contributed by atoms with van der Waals surface area (Å²) in [6, 6.07) is 13.8. The van der Waals surface area contributed by atoms with Crippen LogP contribution in [0.25, 0.3) is 0 Å². The molecule has 0 fully saturated rings. The van der Waals surface area contributed by atoms with Crippen molar-refractivity contribution in [3.05, 3.63) is 98.5 Å². The van der Waals surface area contributed by atoms with Gasteiger partial charge in [0.1, 0.15) is 23.2 Å². The number of aromatic nitrogens is 1. The van der Waals surface area contributed by atoms with E-state index in [1.165, 1.54) is 34.9 Å². The molecule has 1 atom stereocenters. The number of hydrogen-bond donors (Lipinski definition) is 3. The summed E-state index contributed by atoms with van der Waals surface area (Å²) in [5.41, 5.74) is 7.59. The van der Waals surface area contributed by atoms with Crippen molar-refractivity contribution in [2.24, 2.45) is 5.73 Å². The number of allylic oxidation sites excluding steroid dienone is 1. The Labute approximate surface area is 183 Å². The van der Waals surface area contributed by atoms with Crippen LogP contribution in [-0.2, 0) is 13.0 Å². The predicted octanol–water partition coefficient (Wildman–Crippen LogP) is 3.17. The number of nitrogens with two attached hydrogens (primary N) is 1. The molecule has 7 nitrogen and oxygen atoms in total. The zero-order chi connectivity index (χ0) is 23.0. The van der Waals surface area contributed by atoms with Gasteiger partial charge < -0.3 is 25.3 Å². The Morgan fingerprint density at radius 2 is 1.97 bits per heavy atom. The Balaban J connectivity index is 1.81. The number of halogens is 1. The van der Waals surface area contributed by atoms with Gasteiger partial charge in [-0.25, -0.2) is 4.39 Å². The highest BCUT2D eigenvalue weighted by atomic mass is 19.1. The van der Waals surface area contributed by atoms with Crippen LogP contribution >= 0.6 is 0 Å². The molecule has 4 N–H and O–H groups in total. The first kappa shape index (κ1) is 21.0. The summed E-state index contributed by atoms with van der Waals surface area (Å²) >= 11 is 0. The molecule has 0 aliphatic carbocycles. The average molecular weight is 433 g/mol. The van der Waals surface area contributed by atoms with Crippen LogP contribution in [0, 0.1) is 24.1 Å². The van der Waals surface area contributed by atoms with E-state index < -0.39 is 11.7 Å². The number of rotatable bonds is 4. The van der Waals surface area contributed by atoms with Gasteiger partial charge in [0.2, 0.25) is 5.88 Å². The van der Waals surface area contributed by atoms with Gasteiger partial charge in [0.15, 0.2) is 11.5 Å². The molecule has 1 aromatic heterocycles. The Morgan fingerprint density at radius 1 is 1.19 bits per heavy atom. The van der Waals surface area contributed by atoms with Crippen LogP contribution in [-0.4, -0.2) is 14.8 Å². The molecular weight excluding hydrogens is 413 g/mol. The first-order valence-electron chi connectivity index (χ1n) is 9.88. The molecule has 0 saturated carbocycles. The lowest BCUT2D eigenvalue weighted by molar-refractivity contribution is 0.388. The van der Waals surface area contributed by atoms with Crippen LogP contribution in [0.1, 0.15) is 28.3 Å². The number of nitrogens with zero attached hydrogens (tertiary/aromatic N) is 2. The van der Waals surface area contributed by atoms with E-state index in [1.807, 2.05) is 6.07 Å². The zero-order valence-corrected chi connectivity index (χ0v) is 17.2. The number of phenols is 2. The monoisotopic (exact) mass is 433 g/mol. The minimum absolute atomic E-state index is 0.0408. The van der Waals surface area contributed by atoms with Crippen LogP contribution in [0.5, 0.6) is 17.2 Å². The van der Waals surface area contributed by atoms with Crippen molar-refractivity contribution >= 4 is 0 Å². The predicted molar refractivity (Wildman–Crippen MR) is 115 cm³/mol.